The molecule has 0 spiro atoms. The van der Waals surface area contributed by atoms with E-state index in [-0.39, 0.29) is 6.04 Å². The lowest BCUT2D eigenvalue weighted by molar-refractivity contribution is 0.911. The van der Waals surface area contributed by atoms with Crippen molar-refractivity contribution in [3.8, 4) is 11.1 Å². The molecule has 1 nitrogen and oxygen atoms in total. The van der Waals surface area contributed by atoms with E-state index >= 15 is 0 Å². The maximum absolute atomic E-state index is 4.73. The minimum Gasteiger partial charge on any atom is -0.219 e. The number of hydrogen-bond acceptors (Lipinski definition) is 2. The molecule has 16 heavy (non-hydrogen) atoms. The second-order valence-electron chi connectivity index (χ2n) is 3.80. The van der Waals surface area contributed by atoms with Crippen LogP contribution in [0.5, 0.6) is 0 Å². The van der Waals surface area contributed by atoms with Gasteiger partial charge >= 0.3 is 0 Å². The minimum absolute atomic E-state index is 0.0323. The van der Waals surface area contributed by atoms with Crippen LogP contribution in [0.1, 0.15) is 17.2 Å². The van der Waals surface area contributed by atoms with E-state index in [4.69, 9.17) is 12.2 Å². The third kappa shape index (κ3) is 1.25. The van der Waals surface area contributed by atoms with E-state index < -0.39 is 0 Å². The zero-order valence-electron chi connectivity index (χ0n) is 8.55. The van der Waals surface area contributed by atoms with Crippen LogP contribution in [0.4, 0.5) is 0 Å². The van der Waals surface area contributed by atoms with Crippen LogP contribution in [0.15, 0.2) is 53.5 Å². The van der Waals surface area contributed by atoms with Crippen LogP contribution in [-0.2, 0) is 0 Å². The van der Waals surface area contributed by atoms with Crippen LogP contribution in [0, 0.1) is 0 Å². The Morgan fingerprint density at radius 2 is 1.38 bits per heavy atom. The van der Waals surface area contributed by atoms with E-state index in [9.17, 15) is 0 Å². The smallest absolute Gasteiger partial charge is 0.111 e. The predicted octanol–water partition coefficient (Wildman–Crippen LogP) is 3.86. The van der Waals surface area contributed by atoms with Crippen LogP contribution < -0.4 is 0 Å². The summed E-state index contributed by atoms with van der Waals surface area (Å²) >= 11 is 4.73. The van der Waals surface area contributed by atoms with Crippen LogP contribution >= 0.6 is 12.2 Å². The van der Waals surface area contributed by atoms with E-state index in [1.54, 1.807) is 0 Å². The summed E-state index contributed by atoms with van der Waals surface area (Å²) in [6.07, 6.45) is 0. The van der Waals surface area contributed by atoms with Crippen molar-refractivity contribution in [1.82, 2.24) is 0 Å². The van der Waals surface area contributed by atoms with Crippen molar-refractivity contribution in [1.29, 1.82) is 0 Å². The van der Waals surface area contributed by atoms with Crippen molar-refractivity contribution in [3.05, 3.63) is 59.7 Å². The average Bonchev–Trinajstić information content (AvgIpc) is 2.66. The normalized spacial score (nSPS) is 12.8. The van der Waals surface area contributed by atoms with Gasteiger partial charge in [-0.3, -0.25) is 0 Å². The number of nitrogens with zero attached hydrogens (tertiary/aromatic N) is 1. The van der Waals surface area contributed by atoms with Gasteiger partial charge in [-0.25, -0.2) is 4.99 Å². The minimum atomic E-state index is 0.0323. The number of benzene rings is 2. The maximum Gasteiger partial charge on any atom is 0.111 e. The van der Waals surface area contributed by atoms with Gasteiger partial charge in [0, 0.05) is 0 Å². The summed E-state index contributed by atoms with van der Waals surface area (Å²) in [5, 5.41) is 2.50. The molecule has 1 aliphatic rings. The van der Waals surface area contributed by atoms with Crippen molar-refractivity contribution >= 4 is 17.4 Å². The molecule has 2 aromatic rings. The van der Waals surface area contributed by atoms with Gasteiger partial charge in [-0.2, -0.15) is 0 Å². The zero-order chi connectivity index (χ0) is 11.0. The third-order valence-electron chi connectivity index (χ3n) is 2.98. The summed E-state index contributed by atoms with van der Waals surface area (Å²) in [4.78, 5) is 4.27. The van der Waals surface area contributed by atoms with Gasteiger partial charge in [0.15, 0.2) is 0 Å². The monoisotopic (exact) mass is 223 g/mol. The molecule has 3 rings (SSSR count). The molecule has 2 aromatic carbocycles. The molecule has 1 aliphatic carbocycles. The van der Waals surface area contributed by atoms with Crippen LogP contribution in [0.25, 0.3) is 11.1 Å². The molecule has 0 saturated carbocycles. The predicted molar refractivity (Wildman–Crippen MR) is 68.7 cm³/mol. The third-order valence-corrected chi connectivity index (χ3v) is 3.09. The molecule has 76 valence electrons. The highest BCUT2D eigenvalue weighted by Gasteiger charge is 2.26. The van der Waals surface area contributed by atoms with Crippen molar-refractivity contribution < 1.29 is 0 Å². The highest BCUT2D eigenvalue weighted by molar-refractivity contribution is 7.78. The fourth-order valence-corrected chi connectivity index (χ4v) is 2.43. The number of aliphatic imine (C=N–C) groups is 1. The molecule has 2 heteroatoms. The lowest BCUT2D eigenvalue weighted by Crippen LogP contribution is -1.90. The second kappa shape index (κ2) is 3.67. The maximum atomic E-state index is 4.73. The van der Waals surface area contributed by atoms with Crippen molar-refractivity contribution in [2.24, 2.45) is 4.99 Å². The summed E-state index contributed by atoms with van der Waals surface area (Å²) in [5.41, 5.74) is 4.97. The van der Waals surface area contributed by atoms with Gasteiger partial charge in [-0.1, -0.05) is 48.5 Å². The fraction of sp³-hybridized carbons (Fsp3) is 0.0714. The van der Waals surface area contributed by atoms with Crippen molar-refractivity contribution in [3.63, 3.8) is 0 Å². The first-order valence-electron chi connectivity index (χ1n) is 5.17. The van der Waals surface area contributed by atoms with E-state index in [0.717, 1.165) is 0 Å². The summed E-state index contributed by atoms with van der Waals surface area (Å²) in [6, 6.07) is 16.7. The first-order valence-corrected chi connectivity index (χ1v) is 5.58. The van der Waals surface area contributed by atoms with Crippen LogP contribution in [-0.4, -0.2) is 5.16 Å². The molecule has 0 fully saturated rings. The number of rotatable bonds is 1. The van der Waals surface area contributed by atoms with E-state index in [1.807, 2.05) is 12.1 Å². The Bertz CT molecular complexity index is 552. The highest BCUT2D eigenvalue weighted by Crippen LogP contribution is 2.44. The molecule has 0 aromatic heterocycles. The molecule has 0 N–H and O–H groups in total. The number of hydrogen-bond donors (Lipinski definition) is 0. The first-order chi connectivity index (χ1) is 7.92. The highest BCUT2D eigenvalue weighted by atomic mass is 32.1. The standard InChI is InChI=1S/C14H9NS/c16-9-15-14-12-7-3-1-5-10(12)11-6-2-4-8-13(11)14/h1-8,14H. The molecule has 0 aliphatic heterocycles. The molecule has 0 amide bonds. The van der Waals surface area contributed by atoms with Crippen molar-refractivity contribution in [2.45, 2.75) is 6.04 Å². The summed E-state index contributed by atoms with van der Waals surface area (Å²) in [5.74, 6) is 0. The molecule has 0 bridgehead atoms. The van der Waals surface area contributed by atoms with Crippen LogP contribution in [0.3, 0.4) is 0 Å². The van der Waals surface area contributed by atoms with Gasteiger partial charge < -0.3 is 0 Å². The Morgan fingerprint density at radius 3 is 1.88 bits per heavy atom. The lowest BCUT2D eigenvalue weighted by Gasteiger charge is -2.04. The molecular formula is C14H9NS. The topological polar surface area (TPSA) is 12.4 Å². The van der Waals surface area contributed by atoms with Gasteiger partial charge in [0.25, 0.3) is 0 Å². The largest absolute Gasteiger partial charge is 0.219 e. The fourth-order valence-electron chi connectivity index (χ4n) is 2.32. The Kier molecular flexibility index (Phi) is 2.17. The zero-order valence-corrected chi connectivity index (χ0v) is 9.37. The Balaban J connectivity index is 2.33. The van der Waals surface area contributed by atoms with Gasteiger partial charge in [0.05, 0.1) is 5.16 Å². The quantitative estimate of drug-likeness (QED) is 0.528. The molecule has 0 heterocycles. The summed E-state index contributed by atoms with van der Waals surface area (Å²) in [6.45, 7) is 0. The first kappa shape index (κ1) is 9.46. The van der Waals surface area contributed by atoms with Crippen molar-refractivity contribution in [2.75, 3.05) is 0 Å². The number of isothiocyanates is 1. The Labute approximate surface area is 99.5 Å². The molecule has 0 unspecified atom stereocenters. The van der Waals surface area contributed by atoms with Gasteiger partial charge in [0.1, 0.15) is 6.04 Å². The van der Waals surface area contributed by atoms with Crippen LogP contribution in [0.2, 0.25) is 0 Å². The molecule has 0 radical (unpaired) electrons. The number of thiocarbonyl (C=S) groups is 1. The Morgan fingerprint density at radius 1 is 0.875 bits per heavy atom. The van der Waals surface area contributed by atoms with Gasteiger partial charge in [-0.15, -0.1) is 0 Å². The molecule has 0 atom stereocenters. The van der Waals surface area contributed by atoms with Gasteiger partial charge in [0.2, 0.25) is 0 Å². The number of fused-ring (bicyclic) bond motifs is 3. The van der Waals surface area contributed by atoms with E-state index in [1.165, 1.54) is 22.3 Å². The van der Waals surface area contributed by atoms with Gasteiger partial charge in [-0.05, 0) is 34.5 Å². The summed E-state index contributed by atoms with van der Waals surface area (Å²) in [7, 11) is 0. The molecule has 0 saturated heterocycles. The SMILES string of the molecule is S=C=NC1c2ccccc2-c2ccccc21. The average molecular weight is 223 g/mol. The molecular weight excluding hydrogens is 214 g/mol. The van der Waals surface area contributed by atoms with E-state index in [2.05, 4.69) is 46.6 Å². The van der Waals surface area contributed by atoms with E-state index in [0.29, 0.717) is 0 Å². The second-order valence-corrected chi connectivity index (χ2v) is 3.98. The summed E-state index contributed by atoms with van der Waals surface area (Å²) < 4.78 is 0. The Hall–Kier alpha value is -1.76. The lowest BCUT2D eigenvalue weighted by atomic mass is 10.1.